The Morgan fingerprint density at radius 2 is 1.11 bits per heavy atom. The first-order chi connectivity index (χ1) is 34.7. The number of aromatic carboxylic acids is 1. The second-order valence-electron chi connectivity index (χ2n) is 16.3. The molecule has 0 aliphatic carbocycles. The molecule has 0 aliphatic rings. The van der Waals surface area contributed by atoms with E-state index in [2.05, 4.69) is 10.3 Å². The van der Waals surface area contributed by atoms with E-state index >= 15 is 0 Å². The molecule has 0 radical (unpaired) electrons. The summed E-state index contributed by atoms with van der Waals surface area (Å²) in [5, 5.41) is 25.1. The van der Waals surface area contributed by atoms with E-state index in [4.69, 9.17) is 40.3 Å². The van der Waals surface area contributed by atoms with Crippen molar-refractivity contribution in [3.05, 3.63) is 191 Å². The van der Waals surface area contributed by atoms with E-state index in [9.17, 15) is 19.2 Å². The highest BCUT2D eigenvalue weighted by Crippen LogP contribution is 2.27. The Bertz CT molecular complexity index is 3040. The quantitative estimate of drug-likeness (QED) is 0.0728. The van der Waals surface area contributed by atoms with Crippen molar-refractivity contribution >= 4 is 23.8 Å². The second-order valence-corrected chi connectivity index (χ2v) is 16.3. The first-order valence-corrected chi connectivity index (χ1v) is 22.2. The summed E-state index contributed by atoms with van der Waals surface area (Å²) in [6.07, 6.45) is 3.24. The van der Waals surface area contributed by atoms with E-state index in [1.807, 2.05) is 64.1 Å². The van der Waals surface area contributed by atoms with Crippen LogP contribution in [0.5, 0.6) is 11.5 Å². The van der Waals surface area contributed by atoms with E-state index in [0.717, 1.165) is 11.1 Å². The van der Waals surface area contributed by atoms with Gasteiger partial charge in [0.05, 0.1) is 34.0 Å². The summed E-state index contributed by atoms with van der Waals surface area (Å²) in [5.74, 6) is 0.315. The number of carboxylic acid groups (broad SMARTS) is 2. The van der Waals surface area contributed by atoms with Crippen LogP contribution in [-0.4, -0.2) is 72.8 Å². The van der Waals surface area contributed by atoms with Crippen molar-refractivity contribution in [2.45, 2.75) is 72.3 Å². The molecule has 2 N–H and O–H groups in total. The van der Waals surface area contributed by atoms with Crippen LogP contribution in [0, 0.1) is 0 Å². The van der Waals surface area contributed by atoms with Crippen LogP contribution in [-0.2, 0) is 37.3 Å². The van der Waals surface area contributed by atoms with Crippen molar-refractivity contribution in [3.63, 3.8) is 0 Å². The van der Waals surface area contributed by atoms with Gasteiger partial charge in [0, 0.05) is 77.1 Å². The molecule has 0 bridgehead atoms. The van der Waals surface area contributed by atoms with Gasteiger partial charge in [0.15, 0.2) is 11.5 Å². The van der Waals surface area contributed by atoms with Gasteiger partial charge in [-0.25, -0.2) is 4.79 Å². The zero-order chi connectivity index (χ0) is 51.3. The minimum absolute atomic E-state index is 0.000217. The molecule has 0 aliphatic heterocycles. The van der Waals surface area contributed by atoms with Crippen LogP contribution in [0.15, 0.2) is 164 Å². The highest BCUT2D eigenvalue weighted by Gasteiger charge is 2.23. The Morgan fingerprint density at radius 1 is 0.614 bits per heavy atom. The van der Waals surface area contributed by atoms with Gasteiger partial charge in [-0.05, 0) is 88.4 Å². The zero-order valence-corrected chi connectivity index (χ0v) is 38.8. The van der Waals surface area contributed by atoms with Gasteiger partial charge >= 0.3 is 11.9 Å². The van der Waals surface area contributed by atoms with Gasteiger partial charge in [0.2, 0.25) is 0 Å². The summed E-state index contributed by atoms with van der Waals surface area (Å²) in [6.45, 7) is 5.59. The molecule has 16 nitrogen and oxygen atoms in total. The Hall–Kier alpha value is -8.66. The fourth-order valence-corrected chi connectivity index (χ4v) is 6.96. The van der Waals surface area contributed by atoms with Crippen molar-refractivity contribution in [3.8, 4) is 34.1 Å². The number of hydrogen-bond donors (Lipinski definition) is 2. The Labute approximate surface area is 406 Å². The summed E-state index contributed by atoms with van der Waals surface area (Å²) in [6, 6.07) is 37.9. The molecule has 4 heterocycles. The summed E-state index contributed by atoms with van der Waals surface area (Å²) >= 11 is 0. The molecule has 0 fully saturated rings. The standard InChI is InChI=1S/2C27H26N2O6/c1-18(2)29(26(30)20-11-9-19(10-12-20)24-8-5-14-33-24)17-21-6-3-4-7-25(21)34-15-13-22-16-23(27(31)32)28-35-22;1-18(2)29(27(32)20-11-9-19(10-12-20)24-8-5-13-33-24)16-21-6-3-4-7-25(21)34-17-23-14-22(28-35-23)15-26(30)31/h3-12,14,16,18H,13,15,17H2,1-2H3,(H,31,32);3-14,18H,15-17H2,1-2H3,(H,30,31)/i17D;16D. The maximum Gasteiger partial charge on any atom is 0.358 e. The van der Waals surface area contributed by atoms with Crippen LogP contribution in [0.4, 0.5) is 0 Å². The maximum atomic E-state index is 13.5. The fourth-order valence-electron chi connectivity index (χ4n) is 6.96. The average Bonchev–Trinajstić information content (AvgIpc) is 4.24. The molecule has 70 heavy (non-hydrogen) atoms. The lowest BCUT2D eigenvalue weighted by Crippen LogP contribution is -2.36. The van der Waals surface area contributed by atoms with Crippen LogP contribution >= 0.6 is 0 Å². The molecule has 4 aromatic heterocycles. The van der Waals surface area contributed by atoms with Gasteiger partial charge in [-0.1, -0.05) is 71.0 Å². The van der Waals surface area contributed by atoms with Crippen molar-refractivity contribution in [2.24, 2.45) is 0 Å². The lowest BCUT2D eigenvalue weighted by Gasteiger charge is -2.28. The van der Waals surface area contributed by atoms with Gasteiger partial charge in [0.1, 0.15) is 35.4 Å². The lowest BCUT2D eigenvalue weighted by atomic mass is 10.1. The van der Waals surface area contributed by atoms with Crippen molar-refractivity contribution in [1.82, 2.24) is 20.1 Å². The largest absolute Gasteiger partial charge is 0.493 e. The number of aromatic nitrogens is 2. The van der Waals surface area contributed by atoms with Crippen molar-refractivity contribution in [1.29, 1.82) is 0 Å². The molecule has 8 rings (SSSR count). The van der Waals surface area contributed by atoms with Crippen molar-refractivity contribution < 1.29 is 59.5 Å². The topological polar surface area (TPSA) is 212 Å². The highest BCUT2D eigenvalue weighted by molar-refractivity contribution is 5.95. The number of nitrogens with zero attached hydrogens (tertiary/aromatic N) is 4. The molecule has 16 heteroatoms. The average molecular weight is 951 g/mol. The number of furan rings is 2. The summed E-state index contributed by atoms with van der Waals surface area (Å²) in [5.41, 5.74) is 3.81. The molecule has 0 saturated heterocycles. The Balaban J connectivity index is 0.000000211. The normalized spacial score (nSPS) is 12.3. The first kappa shape index (κ1) is 46.5. The molecule has 2 amide bonds. The molecular formula is C54H52N4O12. The smallest absolute Gasteiger partial charge is 0.358 e. The third-order valence-electron chi connectivity index (χ3n) is 10.5. The van der Waals surface area contributed by atoms with E-state index in [-0.39, 0.29) is 49.2 Å². The fraction of sp³-hybridized carbons (Fsp3) is 0.222. The number of carboxylic acids is 2. The third-order valence-corrected chi connectivity index (χ3v) is 10.5. The van der Waals surface area contributed by atoms with Gasteiger partial charge in [0.25, 0.3) is 11.8 Å². The van der Waals surface area contributed by atoms with E-state index in [0.29, 0.717) is 68.9 Å². The number of benzene rings is 4. The second kappa shape index (κ2) is 23.4. The molecule has 2 unspecified atom stereocenters. The number of amides is 2. The van der Waals surface area contributed by atoms with Crippen LogP contribution in [0.25, 0.3) is 22.6 Å². The minimum Gasteiger partial charge on any atom is -0.493 e. The zero-order valence-electron chi connectivity index (χ0n) is 40.8. The molecule has 4 aromatic carbocycles. The number of aliphatic carboxylic acids is 1. The van der Waals surface area contributed by atoms with E-state index in [1.165, 1.54) is 21.9 Å². The van der Waals surface area contributed by atoms with Gasteiger partial charge in [-0.15, -0.1) is 0 Å². The monoisotopic (exact) mass is 950 g/mol. The predicted molar refractivity (Wildman–Crippen MR) is 256 cm³/mol. The molecule has 0 spiro atoms. The van der Waals surface area contributed by atoms with Crippen molar-refractivity contribution in [2.75, 3.05) is 6.61 Å². The van der Waals surface area contributed by atoms with Crippen LogP contribution in [0.2, 0.25) is 0 Å². The van der Waals surface area contributed by atoms with Crippen LogP contribution < -0.4 is 9.47 Å². The molecular weight excluding hydrogens is 897 g/mol. The van der Waals surface area contributed by atoms with Crippen LogP contribution in [0.3, 0.4) is 0 Å². The molecule has 360 valence electrons. The SMILES string of the molecule is [2H]C(c1ccccc1OCCc1cc(C(=O)O)no1)N(C(=O)c1ccc(-c2ccco2)cc1)C(C)C.[2H]C(c1ccccc1OCc1cc(CC(=O)O)no1)N(C(=O)c1ccc(-c2ccco2)cc1)C(C)C. The number of ether oxygens (including phenoxy) is 2. The lowest BCUT2D eigenvalue weighted by molar-refractivity contribution is -0.136. The van der Waals surface area contributed by atoms with Gasteiger partial charge in [-0.2, -0.15) is 0 Å². The Morgan fingerprint density at radius 3 is 1.57 bits per heavy atom. The van der Waals surface area contributed by atoms with E-state index in [1.54, 1.807) is 97.5 Å². The highest BCUT2D eigenvalue weighted by atomic mass is 16.5. The molecule has 8 aromatic rings. The number of rotatable bonds is 20. The summed E-state index contributed by atoms with van der Waals surface area (Å²) in [7, 11) is 0. The molecule has 0 saturated carbocycles. The number of carbonyl (C=O) groups is 4. The number of carbonyl (C=O) groups excluding carboxylic acids is 2. The minimum atomic E-state index is -1.16. The van der Waals surface area contributed by atoms with Gasteiger partial charge in [-0.3, -0.25) is 14.4 Å². The van der Waals surface area contributed by atoms with Crippen LogP contribution in [0.1, 0.15) is 90.0 Å². The summed E-state index contributed by atoms with van der Waals surface area (Å²) < 4.78 is 50.7. The van der Waals surface area contributed by atoms with Gasteiger partial charge < -0.3 is 47.4 Å². The molecule has 2 atom stereocenters. The third kappa shape index (κ3) is 13.1. The maximum absolute atomic E-state index is 13.5. The number of hydrogen-bond acceptors (Lipinski definition) is 12. The van der Waals surface area contributed by atoms with E-state index < -0.39 is 25.0 Å². The Kier molecular flexibility index (Phi) is 15.5. The number of para-hydroxylation sites is 2. The predicted octanol–water partition coefficient (Wildman–Crippen LogP) is 10.5. The first-order valence-electron chi connectivity index (χ1n) is 23.4. The summed E-state index contributed by atoms with van der Waals surface area (Å²) in [4.78, 5) is 51.7.